The van der Waals surface area contributed by atoms with Crippen LogP contribution in [-0.2, 0) is 6.42 Å². The third kappa shape index (κ3) is 3.74. The van der Waals surface area contributed by atoms with Crippen molar-refractivity contribution in [3.05, 3.63) is 29.8 Å². The minimum Gasteiger partial charge on any atom is -0.373 e. The molecule has 1 aliphatic heterocycles. The lowest BCUT2D eigenvalue weighted by Crippen LogP contribution is -2.42. The maximum absolute atomic E-state index is 3.61. The molecule has 0 bridgehead atoms. The van der Waals surface area contributed by atoms with Gasteiger partial charge in [0.1, 0.15) is 0 Å². The topological polar surface area (TPSA) is 15.3 Å². The first-order valence-corrected chi connectivity index (χ1v) is 7.33. The predicted octanol–water partition coefficient (Wildman–Crippen LogP) is 3.22. The van der Waals surface area contributed by atoms with E-state index in [2.05, 4.69) is 48.5 Å². The number of nitrogens with zero attached hydrogens (tertiary/aromatic N) is 1. The van der Waals surface area contributed by atoms with E-state index in [1.807, 2.05) is 0 Å². The molecule has 1 aliphatic rings. The molecule has 2 nitrogen and oxygen atoms in total. The fourth-order valence-electron chi connectivity index (χ4n) is 2.72. The second kappa shape index (κ2) is 6.79. The van der Waals surface area contributed by atoms with Crippen LogP contribution in [-0.4, -0.2) is 26.2 Å². The Hall–Kier alpha value is -1.02. The van der Waals surface area contributed by atoms with Crippen LogP contribution in [0.25, 0.3) is 0 Å². The predicted molar refractivity (Wildman–Crippen MR) is 79.3 cm³/mol. The smallest absolute Gasteiger partial charge is 0.0364 e. The monoisotopic (exact) mass is 246 g/mol. The summed E-state index contributed by atoms with van der Waals surface area (Å²) in [7, 11) is 2.20. The highest BCUT2D eigenvalue weighted by Gasteiger charge is 2.14. The Balaban J connectivity index is 1.89. The van der Waals surface area contributed by atoms with E-state index in [0.29, 0.717) is 6.04 Å². The van der Waals surface area contributed by atoms with Gasteiger partial charge < -0.3 is 10.2 Å². The van der Waals surface area contributed by atoms with Crippen LogP contribution in [0.4, 0.5) is 5.69 Å². The molecule has 1 fully saturated rings. The molecule has 2 heteroatoms. The summed E-state index contributed by atoms with van der Waals surface area (Å²) in [6.07, 6.45) is 6.44. The Labute approximate surface area is 111 Å². The lowest BCUT2D eigenvalue weighted by Gasteiger charge is -2.29. The zero-order valence-electron chi connectivity index (χ0n) is 11.8. The highest BCUT2D eigenvalue weighted by atomic mass is 15.1. The number of hydrogen-bond acceptors (Lipinski definition) is 2. The molecule has 100 valence electrons. The molecule has 1 saturated heterocycles. The molecule has 1 aromatic rings. The summed E-state index contributed by atoms with van der Waals surface area (Å²) in [6, 6.07) is 9.72. The molecular weight excluding hydrogens is 220 g/mol. The molecule has 0 radical (unpaired) electrons. The molecular formula is C16H26N2. The van der Waals surface area contributed by atoms with E-state index in [-0.39, 0.29) is 0 Å². The number of aryl methyl sites for hydroxylation is 1. The van der Waals surface area contributed by atoms with Crippen LogP contribution in [0.5, 0.6) is 0 Å². The molecule has 1 atom stereocenters. The average Bonchev–Trinajstić information content (AvgIpc) is 2.41. The fourth-order valence-corrected chi connectivity index (χ4v) is 2.72. The average molecular weight is 246 g/mol. The second-order valence-corrected chi connectivity index (χ2v) is 5.44. The van der Waals surface area contributed by atoms with Crippen molar-refractivity contribution in [3.8, 4) is 0 Å². The van der Waals surface area contributed by atoms with E-state index in [0.717, 1.165) is 6.54 Å². The largest absolute Gasteiger partial charge is 0.373 e. The molecule has 18 heavy (non-hydrogen) atoms. The van der Waals surface area contributed by atoms with Gasteiger partial charge in [-0.15, -0.1) is 0 Å². The number of rotatable bonds is 5. The van der Waals surface area contributed by atoms with Crippen LogP contribution in [0, 0.1) is 0 Å². The normalized spacial score (nSPS) is 19.8. The third-order valence-electron chi connectivity index (χ3n) is 3.82. The molecule has 1 aromatic carbocycles. The van der Waals surface area contributed by atoms with Gasteiger partial charge in [-0.3, -0.25) is 0 Å². The SMILES string of the molecule is CCCc1ccc(N(C)CC2CCCCN2)cc1. The van der Waals surface area contributed by atoms with Gasteiger partial charge in [0.25, 0.3) is 0 Å². The first kappa shape index (κ1) is 13.4. The number of hydrogen-bond donors (Lipinski definition) is 1. The summed E-state index contributed by atoms with van der Waals surface area (Å²) < 4.78 is 0. The summed E-state index contributed by atoms with van der Waals surface area (Å²) >= 11 is 0. The van der Waals surface area contributed by atoms with Gasteiger partial charge in [0.15, 0.2) is 0 Å². The Bertz CT molecular complexity index is 339. The maximum atomic E-state index is 3.61. The van der Waals surface area contributed by atoms with Gasteiger partial charge >= 0.3 is 0 Å². The molecule has 0 spiro atoms. The van der Waals surface area contributed by atoms with Crippen molar-refractivity contribution in [2.24, 2.45) is 0 Å². The molecule has 0 amide bonds. The Kier molecular flexibility index (Phi) is 5.06. The van der Waals surface area contributed by atoms with Crippen LogP contribution in [0.3, 0.4) is 0 Å². The quantitative estimate of drug-likeness (QED) is 0.858. The zero-order valence-corrected chi connectivity index (χ0v) is 11.8. The van der Waals surface area contributed by atoms with Crippen LogP contribution in [0.2, 0.25) is 0 Å². The Morgan fingerprint density at radius 2 is 2.00 bits per heavy atom. The molecule has 2 rings (SSSR count). The third-order valence-corrected chi connectivity index (χ3v) is 3.82. The van der Waals surface area contributed by atoms with Gasteiger partial charge in [0, 0.05) is 25.3 Å². The number of benzene rings is 1. The number of anilines is 1. The van der Waals surface area contributed by atoms with E-state index in [4.69, 9.17) is 0 Å². The Morgan fingerprint density at radius 1 is 1.22 bits per heavy atom. The van der Waals surface area contributed by atoms with Gasteiger partial charge in [-0.2, -0.15) is 0 Å². The van der Waals surface area contributed by atoms with Crippen LogP contribution >= 0.6 is 0 Å². The molecule has 1 unspecified atom stereocenters. The van der Waals surface area contributed by atoms with Crippen molar-refractivity contribution >= 4 is 5.69 Å². The Morgan fingerprint density at radius 3 is 2.61 bits per heavy atom. The van der Waals surface area contributed by atoms with E-state index < -0.39 is 0 Å². The number of nitrogens with one attached hydrogen (secondary N) is 1. The van der Waals surface area contributed by atoms with Crippen molar-refractivity contribution in [1.29, 1.82) is 0 Å². The van der Waals surface area contributed by atoms with Crippen LogP contribution in [0.1, 0.15) is 38.2 Å². The van der Waals surface area contributed by atoms with Crippen LogP contribution < -0.4 is 10.2 Å². The standard InChI is InChI=1S/C16H26N2/c1-3-6-14-8-10-16(11-9-14)18(2)13-15-7-4-5-12-17-15/h8-11,15,17H,3-7,12-13H2,1-2H3. The lowest BCUT2D eigenvalue weighted by molar-refractivity contribution is 0.403. The zero-order chi connectivity index (χ0) is 12.8. The highest BCUT2D eigenvalue weighted by Crippen LogP contribution is 2.17. The second-order valence-electron chi connectivity index (χ2n) is 5.44. The van der Waals surface area contributed by atoms with Gasteiger partial charge in [-0.25, -0.2) is 0 Å². The van der Waals surface area contributed by atoms with Gasteiger partial charge in [0.2, 0.25) is 0 Å². The molecule has 0 saturated carbocycles. The molecule has 1 heterocycles. The van der Waals surface area contributed by atoms with Crippen molar-refractivity contribution in [2.45, 2.75) is 45.1 Å². The molecule has 1 N–H and O–H groups in total. The fraction of sp³-hybridized carbons (Fsp3) is 0.625. The maximum Gasteiger partial charge on any atom is 0.0364 e. The van der Waals surface area contributed by atoms with Gasteiger partial charge in [-0.05, 0) is 43.5 Å². The number of piperidine rings is 1. The molecule has 0 aliphatic carbocycles. The minimum atomic E-state index is 0.666. The summed E-state index contributed by atoms with van der Waals surface area (Å²) in [5.74, 6) is 0. The lowest BCUT2D eigenvalue weighted by atomic mass is 10.0. The number of likely N-dealkylation sites (N-methyl/N-ethyl adjacent to an activating group) is 1. The molecule has 0 aromatic heterocycles. The highest BCUT2D eigenvalue weighted by molar-refractivity contribution is 5.47. The summed E-state index contributed by atoms with van der Waals surface area (Å²) in [5, 5.41) is 3.61. The summed E-state index contributed by atoms with van der Waals surface area (Å²) in [6.45, 7) is 4.54. The first-order chi connectivity index (χ1) is 8.79. The minimum absolute atomic E-state index is 0.666. The van der Waals surface area contributed by atoms with Crippen molar-refractivity contribution < 1.29 is 0 Å². The van der Waals surface area contributed by atoms with E-state index in [9.17, 15) is 0 Å². The van der Waals surface area contributed by atoms with E-state index in [1.165, 1.54) is 49.9 Å². The van der Waals surface area contributed by atoms with Crippen LogP contribution in [0.15, 0.2) is 24.3 Å². The van der Waals surface area contributed by atoms with E-state index >= 15 is 0 Å². The first-order valence-electron chi connectivity index (χ1n) is 7.33. The summed E-state index contributed by atoms with van der Waals surface area (Å²) in [5.41, 5.74) is 2.78. The van der Waals surface area contributed by atoms with Gasteiger partial charge in [-0.1, -0.05) is 31.9 Å². The van der Waals surface area contributed by atoms with Gasteiger partial charge in [0.05, 0.1) is 0 Å². The summed E-state index contributed by atoms with van der Waals surface area (Å²) in [4.78, 5) is 2.37. The van der Waals surface area contributed by atoms with Crippen molar-refractivity contribution in [2.75, 3.05) is 25.0 Å². The van der Waals surface area contributed by atoms with E-state index in [1.54, 1.807) is 0 Å². The van der Waals surface area contributed by atoms with Crippen molar-refractivity contribution in [3.63, 3.8) is 0 Å². The van der Waals surface area contributed by atoms with Crippen molar-refractivity contribution in [1.82, 2.24) is 5.32 Å².